The van der Waals surface area contributed by atoms with E-state index in [-0.39, 0.29) is 16.7 Å². The number of aryl methyl sites for hydroxylation is 2. The van der Waals surface area contributed by atoms with Gasteiger partial charge in [0, 0.05) is 16.7 Å². The van der Waals surface area contributed by atoms with Crippen molar-refractivity contribution in [3.63, 3.8) is 0 Å². The SMILES string of the molecule is CCCCc1ccc(-c2ccc(C=Cc3ccc(-c4ccc(CCC)cc4)c(F)c3F)cc2)c(F)c1F. The molecular formula is C33H30F4. The number of hydrogen-bond donors (Lipinski definition) is 0. The second-order valence-electron chi connectivity index (χ2n) is 9.24. The summed E-state index contributed by atoms with van der Waals surface area (Å²) in [6, 6.07) is 20.7. The number of benzene rings is 4. The highest BCUT2D eigenvalue weighted by Crippen LogP contribution is 2.29. The summed E-state index contributed by atoms with van der Waals surface area (Å²) in [6.07, 6.45) is 7.34. The molecule has 0 aliphatic heterocycles. The van der Waals surface area contributed by atoms with Gasteiger partial charge in [-0.1, -0.05) is 112 Å². The average Bonchev–Trinajstić information content (AvgIpc) is 2.92. The summed E-state index contributed by atoms with van der Waals surface area (Å²) in [5.74, 6) is -3.45. The van der Waals surface area contributed by atoms with Gasteiger partial charge >= 0.3 is 0 Å². The molecule has 0 amide bonds. The maximum Gasteiger partial charge on any atom is 0.167 e. The number of unbranched alkanes of at least 4 members (excludes halogenated alkanes) is 1. The lowest BCUT2D eigenvalue weighted by atomic mass is 9.98. The highest BCUT2D eigenvalue weighted by atomic mass is 19.2. The van der Waals surface area contributed by atoms with Gasteiger partial charge in [-0.05, 0) is 47.1 Å². The van der Waals surface area contributed by atoms with Crippen LogP contribution in [0.25, 0.3) is 34.4 Å². The van der Waals surface area contributed by atoms with Crippen molar-refractivity contribution in [1.82, 2.24) is 0 Å². The lowest BCUT2D eigenvalue weighted by Crippen LogP contribution is -1.97. The van der Waals surface area contributed by atoms with Gasteiger partial charge in [0.25, 0.3) is 0 Å². The van der Waals surface area contributed by atoms with Crippen LogP contribution in [-0.4, -0.2) is 0 Å². The van der Waals surface area contributed by atoms with E-state index in [1.165, 1.54) is 6.08 Å². The topological polar surface area (TPSA) is 0 Å². The fourth-order valence-corrected chi connectivity index (χ4v) is 4.39. The molecule has 4 aromatic carbocycles. The van der Waals surface area contributed by atoms with Gasteiger partial charge in [0.1, 0.15) is 0 Å². The Morgan fingerprint density at radius 2 is 1.14 bits per heavy atom. The zero-order valence-electron chi connectivity index (χ0n) is 21.1. The van der Waals surface area contributed by atoms with Crippen molar-refractivity contribution in [3.8, 4) is 22.3 Å². The van der Waals surface area contributed by atoms with Crippen molar-refractivity contribution in [3.05, 3.63) is 118 Å². The number of halogens is 4. The lowest BCUT2D eigenvalue weighted by Gasteiger charge is -2.09. The van der Waals surface area contributed by atoms with Crippen molar-refractivity contribution in [2.24, 2.45) is 0 Å². The Morgan fingerprint density at radius 3 is 1.76 bits per heavy atom. The van der Waals surface area contributed by atoms with Crippen LogP contribution >= 0.6 is 0 Å². The Hall–Kier alpha value is -3.66. The second kappa shape index (κ2) is 12.1. The summed E-state index contributed by atoms with van der Waals surface area (Å²) >= 11 is 0. The Kier molecular flexibility index (Phi) is 8.60. The zero-order chi connectivity index (χ0) is 26.4. The molecule has 0 nitrogen and oxygen atoms in total. The largest absolute Gasteiger partial charge is 0.203 e. The number of rotatable bonds is 9. The van der Waals surface area contributed by atoms with Crippen molar-refractivity contribution in [2.75, 3.05) is 0 Å². The maximum atomic E-state index is 14.9. The number of hydrogen-bond acceptors (Lipinski definition) is 0. The van der Waals surface area contributed by atoms with Gasteiger partial charge in [0.05, 0.1) is 0 Å². The minimum absolute atomic E-state index is 0.128. The van der Waals surface area contributed by atoms with Crippen molar-refractivity contribution >= 4 is 12.2 Å². The molecule has 0 bridgehead atoms. The third kappa shape index (κ3) is 6.02. The third-order valence-electron chi connectivity index (χ3n) is 6.55. The van der Waals surface area contributed by atoms with Gasteiger partial charge in [-0.15, -0.1) is 0 Å². The molecule has 37 heavy (non-hydrogen) atoms. The van der Waals surface area contributed by atoms with Gasteiger partial charge in [-0.3, -0.25) is 0 Å². The molecule has 4 heteroatoms. The van der Waals surface area contributed by atoms with E-state index < -0.39 is 23.3 Å². The van der Waals surface area contributed by atoms with Gasteiger partial charge in [-0.25, -0.2) is 17.6 Å². The normalized spacial score (nSPS) is 11.4. The molecule has 0 spiro atoms. The monoisotopic (exact) mass is 502 g/mol. The van der Waals surface area contributed by atoms with E-state index in [9.17, 15) is 17.6 Å². The molecule has 0 aliphatic rings. The Morgan fingerprint density at radius 1 is 0.541 bits per heavy atom. The fraction of sp³-hybridized carbons (Fsp3) is 0.212. The quantitative estimate of drug-likeness (QED) is 0.158. The van der Waals surface area contributed by atoms with E-state index >= 15 is 0 Å². The first-order valence-electron chi connectivity index (χ1n) is 12.8. The molecule has 0 aromatic heterocycles. The molecule has 0 heterocycles. The summed E-state index contributed by atoms with van der Waals surface area (Å²) in [5.41, 5.74) is 3.98. The van der Waals surface area contributed by atoms with Gasteiger partial charge < -0.3 is 0 Å². The van der Waals surface area contributed by atoms with Crippen LogP contribution < -0.4 is 0 Å². The summed E-state index contributed by atoms with van der Waals surface area (Å²) in [4.78, 5) is 0. The van der Waals surface area contributed by atoms with E-state index in [0.717, 1.165) is 36.8 Å². The van der Waals surface area contributed by atoms with Crippen LogP contribution in [0.1, 0.15) is 55.4 Å². The lowest BCUT2D eigenvalue weighted by molar-refractivity contribution is 0.499. The van der Waals surface area contributed by atoms with E-state index in [4.69, 9.17) is 0 Å². The van der Waals surface area contributed by atoms with Gasteiger partial charge in [-0.2, -0.15) is 0 Å². The van der Waals surface area contributed by atoms with E-state index in [0.29, 0.717) is 23.1 Å². The van der Waals surface area contributed by atoms with Crippen molar-refractivity contribution < 1.29 is 17.6 Å². The molecule has 0 saturated carbocycles. The molecule has 0 radical (unpaired) electrons. The fourth-order valence-electron chi connectivity index (χ4n) is 4.39. The van der Waals surface area contributed by atoms with E-state index in [1.807, 2.05) is 31.2 Å². The molecule has 4 aromatic rings. The first kappa shape index (κ1) is 26.4. The highest BCUT2D eigenvalue weighted by molar-refractivity contribution is 5.74. The second-order valence-corrected chi connectivity index (χ2v) is 9.24. The molecule has 0 atom stereocenters. The molecule has 0 unspecified atom stereocenters. The Labute approximate surface area is 216 Å². The van der Waals surface area contributed by atoms with E-state index in [1.54, 1.807) is 54.6 Å². The van der Waals surface area contributed by atoms with Crippen LogP contribution in [0.3, 0.4) is 0 Å². The Balaban J connectivity index is 1.51. The first-order valence-corrected chi connectivity index (χ1v) is 12.8. The average molecular weight is 503 g/mol. The molecular weight excluding hydrogens is 472 g/mol. The molecule has 0 saturated heterocycles. The van der Waals surface area contributed by atoms with Crippen LogP contribution in [-0.2, 0) is 12.8 Å². The predicted octanol–water partition coefficient (Wildman–Crippen LogP) is 10.0. The van der Waals surface area contributed by atoms with Crippen LogP contribution in [0.5, 0.6) is 0 Å². The van der Waals surface area contributed by atoms with Crippen molar-refractivity contribution in [2.45, 2.75) is 46.0 Å². The van der Waals surface area contributed by atoms with Gasteiger partial charge in [0.15, 0.2) is 23.3 Å². The molecule has 190 valence electrons. The van der Waals surface area contributed by atoms with Crippen LogP contribution in [0.2, 0.25) is 0 Å². The zero-order valence-corrected chi connectivity index (χ0v) is 21.1. The van der Waals surface area contributed by atoms with Crippen LogP contribution in [0, 0.1) is 23.3 Å². The maximum absolute atomic E-state index is 14.9. The minimum Gasteiger partial charge on any atom is -0.203 e. The van der Waals surface area contributed by atoms with Gasteiger partial charge in [0.2, 0.25) is 0 Å². The van der Waals surface area contributed by atoms with Crippen LogP contribution in [0.4, 0.5) is 17.6 Å². The predicted molar refractivity (Wildman–Crippen MR) is 145 cm³/mol. The van der Waals surface area contributed by atoms with Crippen molar-refractivity contribution in [1.29, 1.82) is 0 Å². The summed E-state index contributed by atoms with van der Waals surface area (Å²) < 4.78 is 58.8. The standard InChI is InChI=1S/C33H30F4/c1-3-5-7-26-18-20-28(32(36)30(26)34)25-15-10-23(11-16-25)12-17-27-19-21-29(33(37)31(27)35)24-13-8-22(6-4-2)9-14-24/h8-21H,3-7H2,1-2H3. The third-order valence-corrected chi connectivity index (χ3v) is 6.55. The highest BCUT2D eigenvalue weighted by Gasteiger charge is 2.15. The van der Waals surface area contributed by atoms with Crippen LogP contribution in [0.15, 0.2) is 72.8 Å². The molecule has 0 aliphatic carbocycles. The smallest absolute Gasteiger partial charge is 0.167 e. The summed E-state index contributed by atoms with van der Waals surface area (Å²) in [5, 5.41) is 0. The molecule has 0 fully saturated rings. The Bertz CT molecular complexity index is 1380. The summed E-state index contributed by atoms with van der Waals surface area (Å²) in [6.45, 7) is 4.10. The minimum atomic E-state index is -0.913. The van der Waals surface area contributed by atoms with E-state index in [2.05, 4.69) is 6.92 Å². The first-order chi connectivity index (χ1) is 17.9. The molecule has 4 rings (SSSR count). The summed E-state index contributed by atoms with van der Waals surface area (Å²) in [7, 11) is 0. The molecule has 0 N–H and O–H groups in total.